The molecule has 0 saturated heterocycles. The van der Waals surface area contributed by atoms with E-state index in [1.54, 1.807) is 60.7 Å². The Morgan fingerprint density at radius 3 is 2.08 bits per heavy atom. The summed E-state index contributed by atoms with van der Waals surface area (Å²) in [4.78, 5) is 41.9. The zero-order valence-electron chi connectivity index (χ0n) is 27.5. The van der Waals surface area contributed by atoms with E-state index in [2.05, 4.69) is 15.5 Å². The number of amides is 1. The van der Waals surface area contributed by atoms with E-state index in [-0.39, 0.29) is 42.8 Å². The Kier molecular flexibility index (Phi) is 12.7. The van der Waals surface area contributed by atoms with Crippen molar-refractivity contribution in [3.63, 3.8) is 0 Å². The zero-order chi connectivity index (χ0) is 36.2. The van der Waals surface area contributed by atoms with Gasteiger partial charge in [0.1, 0.15) is 28.7 Å². The average Bonchev–Trinajstić information content (AvgIpc) is 3.60. The highest BCUT2D eigenvalue weighted by Crippen LogP contribution is 2.46. The molecule has 5 rings (SSSR count). The first kappa shape index (κ1) is 36.9. The number of hydrogen-bond acceptors (Lipinski definition) is 9. The number of carbonyl (C=O) groups excluding carboxylic acids is 1. The van der Waals surface area contributed by atoms with Gasteiger partial charge in [-0.1, -0.05) is 108 Å². The third-order valence-corrected chi connectivity index (χ3v) is 10.0. The van der Waals surface area contributed by atoms with Gasteiger partial charge in [0.05, 0.1) is 12.5 Å². The van der Waals surface area contributed by atoms with Crippen molar-refractivity contribution in [3.05, 3.63) is 144 Å². The van der Waals surface area contributed by atoms with Crippen LogP contribution in [-0.4, -0.2) is 61.3 Å². The molecule has 0 aliphatic rings. The molecule has 0 spiro atoms. The monoisotopic (exact) mass is 711 g/mol. The van der Waals surface area contributed by atoms with Crippen molar-refractivity contribution < 1.29 is 43.6 Å². The van der Waals surface area contributed by atoms with Gasteiger partial charge in [0, 0.05) is 37.1 Å². The van der Waals surface area contributed by atoms with E-state index in [9.17, 15) is 34.4 Å². The minimum Gasteiger partial charge on any atom is -0.508 e. The molecule has 0 aliphatic heterocycles. The summed E-state index contributed by atoms with van der Waals surface area (Å²) < 4.78 is 25.3. The molecule has 1 amide bonds. The standard InChI is InChI=1S/C38H38N3O9P/c42-31-18-16-27(17-19-31)20-34(37(44)45)39-36(43)30(22-32-23-33(41-50-32)29-14-8-3-9-15-29)25-51(47,48)35(21-26-10-4-1-5-11-26)40-38(46)49-24-28-12-6-2-7-13-28/h1-19,23,30,34,38,42,46H,20-22,24-25H2,(H,39,43)(H,44,45)(H,47,48). The van der Waals surface area contributed by atoms with E-state index in [0.717, 1.165) is 11.1 Å². The maximum absolute atomic E-state index is 14.3. The number of hydrogen-bond donors (Lipinski definition) is 5. The summed E-state index contributed by atoms with van der Waals surface area (Å²) in [5, 5.41) is 37.0. The highest BCUT2D eigenvalue weighted by atomic mass is 31.2. The molecule has 4 aromatic carbocycles. The number of aliphatic hydroxyl groups is 1. The lowest BCUT2D eigenvalue weighted by molar-refractivity contribution is -0.142. The van der Waals surface area contributed by atoms with Crippen molar-refractivity contribution in [2.45, 2.75) is 38.3 Å². The molecule has 0 bridgehead atoms. The van der Waals surface area contributed by atoms with Crippen LogP contribution in [0.2, 0.25) is 0 Å². The number of carboxylic acid groups (broad SMARTS) is 1. The number of aliphatic imine (C=N–C) groups is 1. The number of aromatic nitrogens is 1. The van der Waals surface area contributed by atoms with Crippen molar-refractivity contribution >= 4 is 24.7 Å². The van der Waals surface area contributed by atoms with Crippen LogP contribution in [0.15, 0.2) is 131 Å². The van der Waals surface area contributed by atoms with Gasteiger partial charge in [-0.2, -0.15) is 0 Å². The van der Waals surface area contributed by atoms with Crippen LogP contribution in [0.25, 0.3) is 11.3 Å². The van der Waals surface area contributed by atoms with Gasteiger partial charge in [-0.25, -0.2) is 9.79 Å². The molecule has 13 heteroatoms. The molecule has 1 heterocycles. The summed E-state index contributed by atoms with van der Waals surface area (Å²) in [6, 6.07) is 33.0. The Balaban J connectivity index is 1.43. The molecule has 1 aromatic heterocycles. The molecule has 0 radical (unpaired) electrons. The third kappa shape index (κ3) is 11.1. The highest BCUT2D eigenvalue weighted by Gasteiger charge is 2.36. The summed E-state index contributed by atoms with van der Waals surface area (Å²) in [6.45, 7) is -0.0161. The van der Waals surface area contributed by atoms with E-state index in [1.807, 2.05) is 36.4 Å². The van der Waals surface area contributed by atoms with Gasteiger partial charge in [0.2, 0.25) is 13.3 Å². The molecule has 12 nitrogen and oxygen atoms in total. The first-order valence-electron chi connectivity index (χ1n) is 16.1. The van der Waals surface area contributed by atoms with Gasteiger partial charge in [0.15, 0.2) is 0 Å². The molecule has 4 unspecified atom stereocenters. The third-order valence-electron chi connectivity index (χ3n) is 8.02. The van der Waals surface area contributed by atoms with E-state index >= 15 is 0 Å². The number of phenols is 1. The molecule has 0 fully saturated rings. The molecule has 4 atom stereocenters. The maximum atomic E-state index is 14.3. The molecular weight excluding hydrogens is 673 g/mol. The first-order chi connectivity index (χ1) is 24.6. The molecule has 0 aliphatic carbocycles. The van der Waals surface area contributed by atoms with E-state index in [4.69, 9.17) is 9.26 Å². The minimum absolute atomic E-state index is 0.00101. The number of aliphatic hydroxyl groups excluding tert-OH is 1. The Labute approximate surface area is 294 Å². The highest BCUT2D eigenvalue weighted by molar-refractivity contribution is 7.75. The molecule has 51 heavy (non-hydrogen) atoms. The van der Waals surface area contributed by atoms with Crippen LogP contribution < -0.4 is 5.32 Å². The Hall–Kier alpha value is -5.39. The van der Waals surface area contributed by atoms with E-state index in [1.165, 1.54) is 24.3 Å². The molecule has 5 aromatic rings. The van der Waals surface area contributed by atoms with Gasteiger partial charge in [0.25, 0.3) is 6.41 Å². The average molecular weight is 712 g/mol. The summed E-state index contributed by atoms with van der Waals surface area (Å²) in [7, 11) is -4.54. The number of aliphatic carboxylic acids is 1. The van der Waals surface area contributed by atoms with Crippen molar-refractivity contribution in [1.29, 1.82) is 0 Å². The van der Waals surface area contributed by atoms with Crippen molar-refractivity contribution in [2.75, 3.05) is 6.16 Å². The topological polar surface area (TPSA) is 192 Å². The van der Waals surface area contributed by atoms with Crippen LogP contribution in [0.1, 0.15) is 22.5 Å². The quantitative estimate of drug-likeness (QED) is 0.0473. The maximum Gasteiger partial charge on any atom is 0.326 e. The lowest BCUT2D eigenvalue weighted by atomic mass is 10.0. The fourth-order valence-corrected chi connectivity index (χ4v) is 7.16. The van der Waals surface area contributed by atoms with Gasteiger partial charge in [-0.15, -0.1) is 0 Å². The fraction of sp³-hybridized carbons (Fsp3) is 0.211. The van der Waals surface area contributed by atoms with Crippen LogP contribution in [0.5, 0.6) is 5.75 Å². The van der Waals surface area contributed by atoms with Crippen LogP contribution in [0.3, 0.4) is 0 Å². The Morgan fingerprint density at radius 1 is 0.843 bits per heavy atom. The first-order valence-corrected chi connectivity index (χ1v) is 18.0. The van der Waals surface area contributed by atoms with Crippen molar-refractivity contribution in [3.8, 4) is 17.0 Å². The second kappa shape index (κ2) is 17.5. The largest absolute Gasteiger partial charge is 0.508 e. The van der Waals surface area contributed by atoms with Crippen LogP contribution in [0.4, 0.5) is 0 Å². The van der Waals surface area contributed by atoms with Crippen molar-refractivity contribution in [2.24, 2.45) is 10.9 Å². The number of benzene rings is 4. The number of carboxylic acids is 1. The predicted molar refractivity (Wildman–Crippen MR) is 190 cm³/mol. The van der Waals surface area contributed by atoms with E-state index in [0.29, 0.717) is 16.8 Å². The summed E-state index contributed by atoms with van der Waals surface area (Å²) in [5.41, 5.74) is 2.87. The van der Waals surface area contributed by atoms with Gasteiger partial charge in [-0.05, 0) is 28.8 Å². The number of ether oxygens (including phenoxy) is 1. The number of nitrogens with one attached hydrogen (secondary N) is 1. The Morgan fingerprint density at radius 2 is 1.45 bits per heavy atom. The summed E-state index contributed by atoms with van der Waals surface area (Å²) in [6.07, 6.45) is -2.90. The lowest BCUT2D eigenvalue weighted by Crippen LogP contribution is -2.46. The van der Waals surface area contributed by atoms with Crippen LogP contribution >= 0.6 is 7.37 Å². The van der Waals surface area contributed by atoms with Gasteiger partial charge < -0.3 is 34.8 Å². The number of rotatable bonds is 17. The molecule has 5 N–H and O–H groups in total. The van der Waals surface area contributed by atoms with E-state index < -0.39 is 43.8 Å². The second-order valence-corrected chi connectivity index (χ2v) is 14.2. The summed E-state index contributed by atoms with van der Waals surface area (Å²) in [5.74, 6) is -3.19. The number of phenolic OH excluding ortho intramolecular Hbond substituents is 1. The second-order valence-electron chi connectivity index (χ2n) is 11.9. The number of carbonyl (C=O) groups is 2. The lowest BCUT2D eigenvalue weighted by Gasteiger charge is -2.23. The zero-order valence-corrected chi connectivity index (χ0v) is 28.4. The van der Waals surface area contributed by atoms with Crippen LogP contribution in [0, 0.1) is 5.92 Å². The molecule has 0 saturated carbocycles. The minimum atomic E-state index is -4.54. The smallest absolute Gasteiger partial charge is 0.326 e. The van der Waals surface area contributed by atoms with Crippen LogP contribution in [-0.2, 0) is 44.8 Å². The fourth-order valence-electron chi connectivity index (χ4n) is 5.35. The van der Waals surface area contributed by atoms with Gasteiger partial charge >= 0.3 is 5.97 Å². The normalized spacial score (nSPS) is 14.6. The number of nitrogens with zero attached hydrogens (tertiary/aromatic N) is 2. The summed E-state index contributed by atoms with van der Waals surface area (Å²) >= 11 is 0. The number of aromatic hydroxyl groups is 1. The molecular formula is C38H38N3O9P. The predicted octanol–water partition coefficient (Wildman–Crippen LogP) is 5.42. The molecule has 264 valence electrons. The Bertz CT molecular complexity index is 1950. The van der Waals surface area contributed by atoms with Crippen molar-refractivity contribution in [1.82, 2.24) is 10.5 Å². The van der Waals surface area contributed by atoms with Gasteiger partial charge in [-0.3, -0.25) is 9.36 Å². The SMILES string of the molecule is O=C(NC(Cc1ccc(O)cc1)C(=O)O)C(Cc1cc(-c2ccccc2)no1)CP(=O)(O)C(Cc1ccccc1)=NC(O)OCc1ccccc1.